The smallest absolute Gasteiger partial charge is 0.153 e. The highest BCUT2D eigenvalue weighted by molar-refractivity contribution is 6.32. The molecule has 0 radical (unpaired) electrons. The molecule has 0 amide bonds. The summed E-state index contributed by atoms with van der Waals surface area (Å²) in [4.78, 5) is 11.0. The van der Waals surface area contributed by atoms with E-state index in [0.29, 0.717) is 27.1 Å². The van der Waals surface area contributed by atoms with Crippen molar-refractivity contribution in [1.29, 1.82) is 0 Å². The van der Waals surface area contributed by atoms with E-state index >= 15 is 0 Å². The van der Waals surface area contributed by atoms with E-state index in [2.05, 4.69) is 0 Å². The number of ether oxygens (including phenoxy) is 1. The lowest BCUT2D eigenvalue weighted by molar-refractivity contribution is 0.112. The molecule has 2 aromatic carbocycles. The number of hydrogen-bond acceptors (Lipinski definition) is 2. The predicted molar refractivity (Wildman–Crippen MR) is 77.8 cm³/mol. The summed E-state index contributed by atoms with van der Waals surface area (Å²) in [6, 6.07) is 8.54. The summed E-state index contributed by atoms with van der Waals surface area (Å²) < 4.78 is 5.72. The number of halogens is 2. The van der Waals surface area contributed by atoms with Crippen LogP contribution in [0, 0.1) is 13.8 Å². The van der Waals surface area contributed by atoms with Crippen LogP contribution in [0.3, 0.4) is 0 Å². The molecule has 0 N–H and O–H groups in total. The average molecular weight is 295 g/mol. The van der Waals surface area contributed by atoms with Gasteiger partial charge in [0, 0.05) is 16.1 Å². The summed E-state index contributed by atoms with van der Waals surface area (Å²) >= 11 is 12.0. The minimum atomic E-state index is 0.434. The maximum Gasteiger partial charge on any atom is 0.153 e. The zero-order valence-corrected chi connectivity index (χ0v) is 12.0. The van der Waals surface area contributed by atoms with Gasteiger partial charge in [-0.1, -0.05) is 23.2 Å². The summed E-state index contributed by atoms with van der Waals surface area (Å²) in [6.07, 6.45) is 0.737. The molecule has 0 saturated carbocycles. The van der Waals surface area contributed by atoms with Crippen LogP contribution < -0.4 is 4.74 Å². The Morgan fingerprint density at radius 2 is 1.68 bits per heavy atom. The first kappa shape index (κ1) is 13.9. The van der Waals surface area contributed by atoms with Gasteiger partial charge < -0.3 is 4.74 Å². The quantitative estimate of drug-likeness (QED) is 0.726. The molecule has 0 saturated heterocycles. The van der Waals surface area contributed by atoms with Gasteiger partial charge in [-0.3, -0.25) is 4.79 Å². The van der Waals surface area contributed by atoms with E-state index in [0.717, 1.165) is 17.4 Å². The number of aldehydes is 1. The molecule has 2 rings (SSSR count). The Morgan fingerprint density at radius 1 is 1.05 bits per heavy atom. The van der Waals surface area contributed by atoms with Crippen LogP contribution in [0.15, 0.2) is 30.3 Å². The summed E-state index contributed by atoms with van der Waals surface area (Å²) in [6.45, 7) is 3.81. The third-order valence-electron chi connectivity index (χ3n) is 2.74. The SMILES string of the molecule is Cc1cc(Oc2cc(Cl)ccc2C=O)cc(C)c1Cl. The largest absolute Gasteiger partial charge is 0.457 e. The molecule has 98 valence electrons. The molecule has 0 aliphatic heterocycles. The molecule has 0 heterocycles. The highest BCUT2D eigenvalue weighted by atomic mass is 35.5. The van der Waals surface area contributed by atoms with E-state index < -0.39 is 0 Å². The van der Waals surface area contributed by atoms with Gasteiger partial charge in [-0.25, -0.2) is 0 Å². The molecule has 0 spiro atoms. The van der Waals surface area contributed by atoms with E-state index in [-0.39, 0.29) is 0 Å². The van der Waals surface area contributed by atoms with Crippen LogP contribution >= 0.6 is 23.2 Å². The van der Waals surface area contributed by atoms with Crippen LogP contribution in [0.1, 0.15) is 21.5 Å². The molecule has 19 heavy (non-hydrogen) atoms. The van der Waals surface area contributed by atoms with Gasteiger partial charge in [-0.2, -0.15) is 0 Å². The molecular formula is C15H12Cl2O2. The van der Waals surface area contributed by atoms with Gasteiger partial charge in [0.25, 0.3) is 0 Å². The summed E-state index contributed by atoms with van der Waals surface area (Å²) in [5.41, 5.74) is 2.30. The van der Waals surface area contributed by atoms with E-state index in [4.69, 9.17) is 27.9 Å². The minimum absolute atomic E-state index is 0.434. The van der Waals surface area contributed by atoms with Crippen molar-refractivity contribution in [2.24, 2.45) is 0 Å². The second-order valence-electron chi connectivity index (χ2n) is 4.27. The average Bonchev–Trinajstić information content (AvgIpc) is 2.36. The van der Waals surface area contributed by atoms with Gasteiger partial charge in [0.1, 0.15) is 11.5 Å². The Bertz CT molecular complexity index is 613. The number of rotatable bonds is 3. The van der Waals surface area contributed by atoms with Gasteiger partial charge in [0.15, 0.2) is 6.29 Å². The third kappa shape index (κ3) is 3.09. The van der Waals surface area contributed by atoms with Gasteiger partial charge in [-0.05, 0) is 49.2 Å². The highest BCUT2D eigenvalue weighted by Gasteiger charge is 2.08. The Hall–Kier alpha value is -1.51. The number of benzene rings is 2. The van der Waals surface area contributed by atoms with Crippen molar-refractivity contribution >= 4 is 29.5 Å². The number of aryl methyl sites for hydroxylation is 2. The maximum atomic E-state index is 11.0. The normalized spacial score (nSPS) is 10.3. The van der Waals surface area contributed by atoms with Gasteiger partial charge in [0.2, 0.25) is 0 Å². The molecule has 0 fully saturated rings. The van der Waals surface area contributed by atoms with Crippen LogP contribution in [-0.4, -0.2) is 6.29 Å². The highest BCUT2D eigenvalue weighted by Crippen LogP contribution is 2.31. The molecule has 2 aromatic rings. The summed E-state index contributed by atoms with van der Waals surface area (Å²) in [7, 11) is 0. The number of hydrogen-bond donors (Lipinski definition) is 0. The summed E-state index contributed by atoms with van der Waals surface area (Å²) in [5, 5.41) is 1.23. The second-order valence-corrected chi connectivity index (χ2v) is 5.09. The molecule has 0 aromatic heterocycles. The Kier molecular flexibility index (Phi) is 4.13. The van der Waals surface area contributed by atoms with Gasteiger partial charge >= 0.3 is 0 Å². The van der Waals surface area contributed by atoms with Gasteiger partial charge in [-0.15, -0.1) is 0 Å². The predicted octanol–water partition coefficient (Wildman–Crippen LogP) is 5.22. The maximum absolute atomic E-state index is 11.0. The van der Waals surface area contributed by atoms with Crippen molar-refractivity contribution in [3.05, 3.63) is 57.1 Å². The van der Waals surface area contributed by atoms with Gasteiger partial charge in [0.05, 0.1) is 5.56 Å². The first-order chi connectivity index (χ1) is 9.01. The fraction of sp³-hybridized carbons (Fsp3) is 0.133. The van der Waals surface area contributed by atoms with Crippen LogP contribution in [0.5, 0.6) is 11.5 Å². The van der Waals surface area contributed by atoms with Crippen molar-refractivity contribution in [3.63, 3.8) is 0 Å². The van der Waals surface area contributed by atoms with Crippen molar-refractivity contribution in [2.45, 2.75) is 13.8 Å². The minimum Gasteiger partial charge on any atom is -0.457 e. The molecular weight excluding hydrogens is 283 g/mol. The fourth-order valence-electron chi connectivity index (χ4n) is 1.79. The monoisotopic (exact) mass is 294 g/mol. The zero-order chi connectivity index (χ0) is 14.0. The topological polar surface area (TPSA) is 26.3 Å². The lowest BCUT2D eigenvalue weighted by Crippen LogP contribution is -1.92. The lowest BCUT2D eigenvalue weighted by atomic mass is 10.1. The lowest BCUT2D eigenvalue weighted by Gasteiger charge is -2.11. The fourth-order valence-corrected chi connectivity index (χ4v) is 2.06. The first-order valence-corrected chi connectivity index (χ1v) is 6.46. The molecule has 0 aliphatic rings. The number of carbonyl (C=O) groups is 1. The molecule has 0 bridgehead atoms. The van der Waals surface area contributed by atoms with E-state index in [9.17, 15) is 4.79 Å². The van der Waals surface area contributed by atoms with E-state index in [1.54, 1.807) is 18.2 Å². The Labute approximate surface area is 121 Å². The molecule has 0 atom stereocenters. The molecule has 0 aliphatic carbocycles. The standard InChI is InChI=1S/C15H12Cl2O2/c1-9-5-13(6-10(2)15(9)17)19-14-7-12(16)4-3-11(14)8-18/h3-8H,1-2H3. The van der Waals surface area contributed by atoms with Crippen molar-refractivity contribution < 1.29 is 9.53 Å². The molecule has 2 nitrogen and oxygen atoms in total. The third-order valence-corrected chi connectivity index (χ3v) is 3.57. The van der Waals surface area contributed by atoms with Crippen LogP contribution in [-0.2, 0) is 0 Å². The van der Waals surface area contributed by atoms with Crippen molar-refractivity contribution in [1.82, 2.24) is 0 Å². The van der Waals surface area contributed by atoms with Crippen molar-refractivity contribution in [3.8, 4) is 11.5 Å². The Morgan fingerprint density at radius 3 is 2.26 bits per heavy atom. The number of carbonyl (C=O) groups excluding carboxylic acids is 1. The molecule has 4 heteroatoms. The molecule has 0 unspecified atom stereocenters. The second kappa shape index (κ2) is 5.64. The van der Waals surface area contributed by atoms with Crippen LogP contribution in [0.4, 0.5) is 0 Å². The van der Waals surface area contributed by atoms with E-state index in [1.807, 2.05) is 26.0 Å². The zero-order valence-electron chi connectivity index (χ0n) is 10.5. The van der Waals surface area contributed by atoms with Crippen LogP contribution in [0.25, 0.3) is 0 Å². The van der Waals surface area contributed by atoms with Crippen molar-refractivity contribution in [2.75, 3.05) is 0 Å². The Balaban J connectivity index is 2.41. The van der Waals surface area contributed by atoms with E-state index in [1.165, 1.54) is 0 Å². The van der Waals surface area contributed by atoms with Crippen LogP contribution in [0.2, 0.25) is 10.0 Å². The summed E-state index contributed by atoms with van der Waals surface area (Å²) in [5.74, 6) is 1.06. The first-order valence-electron chi connectivity index (χ1n) is 5.70.